The molecular weight excluding hydrogens is 755 g/mol. The van der Waals surface area contributed by atoms with Crippen LogP contribution in [-0.2, 0) is 33.3 Å². The highest BCUT2D eigenvalue weighted by Crippen LogP contribution is 2.16. The lowest BCUT2D eigenvalue weighted by atomic mass is 10.0. The fourth-order valence-electron chi connectivity index (χ4n) is 7.30. The number of esters is 2. The van der Waals surface area contributed by atoms with Crippen LogP contribution in [0.5, 0.6) is 0 Å². The molecule has 0 aliphatic rings. The van der Waals surface area contributed by atoms with E-state index in [1.54, 1.807) is 0 Å². The molecular formula is C51H97NO8. The number of rotatable bonds is 47. The minimum atomic E-state index is -1.62. The van der Waals surface area contributed by atoms with Crippen molar-refractivity contribution in [3.63, 3.8) is 0 Å². The average Bonchev–Trinajstić information content (AvgIpc) is 3.21. The molecule has 0 radical (unpaired) electrons. The molecule has 60 heavy (non-hydrogen) atoms. The molecule has 2 unspecified atom stereocenters. The molecule has 0 N–H and O–H groups in total. The van der Waals surface area contributed by atoms with Crippen LogP contribution in [0.1, 0.15) is 239 Å². The molecule has 0 saturated carbocycles. The Hall–Kier alpha value is -1.97. The molecule has 0 bridgehead atoms. The molecule has 0 aromatic rings. The molecule has 0 aliphatic carbocycles. The van der Waals surface area contributed by atoms with E-state index in [9.17, 15) is 19.5 Å². The maximum atomic E-state index is 12.8. The molecule has 9 nitrogen and oxygen atoms in total. The van der Waals surface area contributed by atoms with Crippen molar-refractivity contribution in [2.45, 2.75) is 251 Å². The summed E-state index contributed by atoms with van der Waals surface area (Å²) in [6, 6.07) is 0. The van der Waals surface area contributed by atoms with Crippen LogP contribution in [0.2, 0.25) is 0 Å². The first kappa shape index (κ1) is 58.0. The molecule has 0 rings (SSSR count). The van der Waals surface area contributed by atoms with E-state index in [1.807, 2.05) is 21.1 Å². The van der Waals surface area contributed by atoms with Crippen molar-refractivity contribution in [1.29, 1.82) is 0 Å². The Morgan fingerprint density at radius 2 is 0.850 bits per heavy atom. The number of carboxylic acid groups (broad SMARTS) is 1. The maximum Gasteiger partial charge on any atom is 0.306 e. The summed E-state index contributed by atoms with van der Waals surface area (Å²) in [5.74, 6) is -2.28. The molecule has 0 fully saturated rings. The molecule has 354 valence electrons. The second-order valence-corrected chi connectivity index (χ2v) is 18.5. The molecule has 0 aliphatic heterocycles. The van der Waals surface area contributed by atoms with Gasteiger partial charge < -0.3 is 33.3 Å². The van der Waals surface area contributed by atoms with E-state index in [2.05, 4.69) is 26.0 Å². The van der Waals surface area contributed by atoms with Crippen LogP contribution in [-0.4, -0.2) is 82.3 Å². The third-order valence-electron chi connectivity index (χ3n) is 11.3. The number of quaternary nitrogens is 1. The SMILES string of the molecule is CCCCCCC/C=C\CCCCCCCC(=O)OC(COC(=O)CCCCCCCCCCCCCCCCCCCCCCC)COC(OCC[N+](C)(C)C)C(=O)[O-]. The smallest absolute Gasteiger partial charge is 0.306 e. The van der Waals surface area contributed by atoms with E-state index in [-0.39, 0.29) is 32.2 Å². The molecule has 0 spiro atoms. The standard InChI is InChI=1S/C51H97NO8/c1-6-8-10-12-14-16-18-20-22-23-24-25-26-27-28-30-31-33-35-37-39-41-48(53)58-45-47(46-59-51(50(55)56)57-44-43-52(3,4)5)60-49(54)42-40-38-36-34-32-29-21-19-17-15-13-11-9-7-2/h19,21,47,51H,6-18,20,22-46H2,1-5H3/b21-19-. The third-order valence-corrected chi connectivity index (χ3v) is 11.3. The number of carbonyl (C=O) groups is 3. The fourth-order valence-corrected chi connectivity index (χ4v) is 7.30. The molecule has 9 heteroatoms. The van der Waals surface area contributed by atoms with Gasteiger partial charge in [-0.2, -0.15) is 0 Å². The van der Waals surface area contributed by atoms with Gasteiger partial charge in [0.25, 0.3) is 0 Å². The zero-order valence-electron chi connectivity index (χ0n) is 40.1. The first-order valence-electron chi connectivity index (χ1n) is 25.3. The Kier molecular flexibility index (Phi) is 42.2. The lowest BCUT2D eigenvalue weighted by Crippen LogP contribution is -2.44. The summed E-state index contributed by atoms with van der Waals surface area (Å²) in [7, 11) is 5.92. The highest BCUT2D eigenvalue weighted by Gasteiger charge is 2.22. The minimum Gasteiger partial charge on any atom is -0.545 e. The van der Waals surface area contributed by atoms with Crippen molar-refractivity contribution in [2.75, 3.05) is 47.5 Å². The van der Waals surface area contributed by atoms with E-state index in [4.69, 9.17) is 18.9 Å². The third kappa shape index (κ3) is 44.1. The van der Waals surface area contributed by atoms with Crippen molar-refractivity contribution in [3.05, 3.63) is 12.2 Å². The summed E-state index contributed by atoms with van der Waals surface area (Å²) >= 11 is 0. The number of hydrogen-bond acceptors (Lipinski definition) is 8. The largest absolute Gasteiger partial charge is 0.545 e. The van der Waals surface area contributed by atoms with Gasteiger partial charge in [-0.25, -0.2) is 0 Å². The van der Waals surface area contributed by atoms with Crippen LogP contribution in [0, 0.1) is 0 Å². The number of aliphatic carboxylic acids is 1. The highest BCUT2D eigenvalue weighted by molar-refractivity contribution is 5.70. The Labute approximate surface area is 370 Å². The van der Waals surface area contributed by atoms with Crippen LogP contribution >= 0.6 is 0 Å². The van der Waals surface area contributed by atoms with Crippen LogP contribution in [0.15, 0.2) is 12.2 Å². The van der Waals surface area contributed by atoms with E-state index in [1.165, 1.54) is 154 Å². The van der Waals surface area contributed by atoms with E-state index in [0.29, 0.717) is 23.9 Å². The van der Waals surface area contributed by atoms with Gasteiger partial charge in [-0.1, -0.05) is 199 Å². The van der Waals surface area contributed by atoms with Gasteiger partial charge >= 0.3 is 11.9 Å². The quantitative estimate of drug-likeness (QED) is 0.0196. The fraction of sp³-hybridized carbons (Fsp3) is 0.902. The van der Waals surface area contributed by atoms with Crippen molar-refractivity contribution in [1.82, 2.24) is 0 Å². The Morgan fingerprint density at radius 3 is 1.23 bits per heavy atom. The number of ether oxygens (including phenoxy) is 4. The second-order valence-electron chi connectivity index (χ2n) is 18.5. The molecule has 0 saturated heterocycles. The van der Waals surface area contributed by atoms with Crippen molar-refractivity contribution < 1.29 is 42.9 Å². The molecule has 2 atom stereocenters. The second kappa shape index (κ2) is 43.7. The number of hydrogen-bond donors (Lipinski definition) is 0. The van der Waals surface area contributed by atoms with Gasteiger partial charge in [0.2, 0.25) is 0 Å². The summed E-state index contributed by atoms with van der Waals surface area (Å²) in [6.45, 7) is 4.76. The van der Waals surface area contributed by atoms with Gasteiger partial charge in [0.1, 0.15) is 13.2 Å². The molecule has 0 aromatic carbocycles. The molecule has 0 amide bonds. The predicted molar refractivity (Wildman–Crippen MR) is 247 cm³/mol. The van der Waals surface area contributed by atoms with Gasteiger partial charge in [0.15, 0.2) is 12.4 Å². The summed E-state index contributed by atoms with van der Waals surface area (Å²) in [5.41, 5.74) is 0. The number of allylic oxidation sites excluding steroid dienone is 2. The Balaban J connectivity index is 4.28. The lowest BCUT2D eigenvalue weighted by molar-refractivity contribution is -0.870. The Bertz CT molecular complexity index is 996. The zero-order chi connectivity index (χ0) is 44.2. The number of nitrogens with zero attached hydrogens (tertiary/aromatic N) is 1. The van der Waals surface area contributed by atoms with Crippen LogP contribution < -0.4 is 5.11 Å². The minimum absolute atomic E-state index is 0.149. The van der Waals surface area contributed by atoms with Crippen LogP contribution in [0.25, 0.3) is 0 Å². The van der Waals surface area contributed by atoms with E-state index >= 15 is 0 Å². The highest BCUT2D eigenvalue weighted by atomic mass is 16.7. The van der Waals surface area contributed by atoms with Crippen molar-refractivity contribution >= 4 is 17.9 Å². The maximum absolute atomic E-state index is 12.8. The number of likely N-dealkylation sites (N-methyl/N-ethyl adjacent to an activating group) is 1. The first-order valence-corrected chi connectivity index (χ1v) is 25.3. The van der Waals surface area contributed by atoms with E-state index < -0.39 is 24.3 Å². The predicted octanol–water partition coefficient (Wildman–Crippen LogP) is 12.5. The van der Waals surface area contributed by atoms with Gasteiger partial charge in [-0.3, -0.25) is 9.59 Å². The Morgan fingerprint density at radius 1 is 0.483 bits per heavy atom. The summed E-state index contributed by atoms with van der Waals surface area (Å²) in [6.07, 6.45) is 43.9. The number of unbranched alkanes of at least 4 members (excludes halogenated alkanes) is 30. The molecule has 0 aromatic heterocycles. The van der Waals surface area contributed by atoms with Gasteiger partial charge in [0, 0.05) is 12.8 Å². The van der Waals surface area contributed by atoms with Crippen LogP contribution in [0.4, 0.5) is 0 Å². The monoisotopic (exact) mass is 852 g/mol. The number of carboxylic acids is 1. The normalized spacial score (nSPS) is 12.9. The van der Waals surface area contributed by atoms with Gasteiger partial charge in [-0.05, 0) is 38.5 Å². The summed E-state index contributed by atoms with van der Waals surface area (Å²) in [5, 5.41) is 11.7. The zero-order valence-corrected chi connectivity index (χ0v) is 40.1. The van der Waals surface area contributed by atoms with Crippen molar-refractivity contribution in [3.8, 4) is 0 Å². The van der Waals surface area contributed by atoms with Gasteiger partial charge in [-0.15, -0.1) is 0 Å². The lowest BCUT2D eigenvalue weighted by Gasteiger charge is -2.26. The number of carbonyl (C=O) groups excluding carboxylic acids is 3. The van der Waals surface area contributed by atoms with E-state index in [0.717, 1.165) is 51.4 Å². The van der Waals surface area contributed by atoms with Gasteiger partial charge in [0.05, 0.1) is 40.3 Å². The summed E-state index contributed by atoms with van der Waals surface area (Å²) in [4.78, 5) is 37.1. The summed E-state index contributed by atoms with van der Waals surface area (Å²) < 4.78 is 22.6. The first-order chi connectivity index (χ1) is 29.1. The molecule has 0 heterocycles. The van der Waals surface area contributed by atoms with Crippen molar-refractivity contribution in [2.24, 2.45) is 0 Å². The average molecular weight is 852 g/mol. The van der Waals surface area contributed by atoms with Crippen LogP contribution in [0.3, 0.4) is 0 Å². The topological polar surface area (TPSA) is 111 Å².